The lowest BCUT2D eigenvalue weighted by Gasteiger charge is -2.09. The first kappa shape index (κ1) is 13.9. The van der Waals surface area contributed by atoms with Crippen LogP contribution < -0.4 is 10.5 Å². The lowest BCUT2D eigenvalue weighted by Crippen LogP contribution is -2.10. The summed E-state index contributed by atoms with van der Waals surface area (Å²) in [5.41, 5.74) is 6.24. The van der Waals surface area contributed by atoms with E-state index in [4.69, 9.17) is 22.1 Å². The normalized spacial score (nSPS) is 12.1. The van der Waals surface area contributed by atoms with Crippen molar-refractivity contribution < 1.29 is 8.95 Å². The molecule has 0 spiro atoms. The zero-order valence-corrected chi connectivity index (χ0v) is 11.8. The highest BCUT2D eigenvalue weighted by Crippen LogP contribution is 2.25. The minimum Gasteiger partial charge on any atom is -0.493 e. The molecule has 2 N–H and O–H groups in total. The van der Waals surface area contributed by atoms with Gasteiger partial charge >= 0.3 is 0 Å². The summed E-state index contributed by atoms with van der Waals surface area (Å²) in [4.78, 5) is 0.487. The van der Waals surface area contributed by atoms with Crippen LogP contribution in [-0.4, -0.2) is 16.6 Å². The number of benzene rings is 2. The minimum atomic E-state index is -1.26. The molecule has 3 nitrogen and oxygen atoms in total. The van der Waals surface area contributed by atoms with Crippen LogP contribution in [0.15, 0.2) is 53.4 Å². The van der Waals surface area contributed by atoms with E-state index < -0.39 is 10.8 Å². The molecule has 2 rings (SSSR count). The molecule has 0 saturated carbocycles. The van der Waals surface area contributed by atoms with Gasteiger partial charge in [-0.15, -0.1) is 0 Å². The number of nitrogens with two attached hydrogens (primary N) is 1. The number of hydrogen-bond acceptors (Lipinski definition) is 3. The molecule has 2 aromatic carbocycles. The van der Waals surface area contributed by atoms with E-state index in [1.54, 1.807) is 18.2 Å². The molecule has 0 aliphatic rings. The Morgan fingerprint density at radius 1 is 1.11 bits per heavy atom. The van der Waals surface area contributed by atoms with Gasteiger partial charge in [0.05, 0.1) is 26.5 Å². The maximum Gasteiger partial charge on any atom is 0.119 e. The molecule has 2 aromatic rings. The molecule has 19 heavy (non-hydrogen) atoms. The van der Waals surface area contributed by atoms with E-state index in [0.29, 0.717) is 28.0 Å². The second-order valence-electron chi connectivity index (χ2n) is 3.87. The van der Waals surface area contributed by atoms with E-state index in [-0.39, 0.29) is 0 Å². The maximum atomic E-state index is 12.1. The van der Waals surface area contributed by atoms with Gasteiger partial charge in [-0.1, -0.05) is 35.9 Å². The summed E-state index contributed by atoms with van der Waals surface area (Å²) in [6, 6.07) is 14.5. The summed E-state index contributed by atoms with van der Waals surface area (Å²) in [5, 5.41) is 0.429. The summed E-state index contributed by atoms with van der Waals surface area (Å²) in [6.45, 7) is 0.348. The second-order valence-corrected chi connectivity index (χ2v) is 5.78. The fraction of sp³-hybridized carbons (Fsp3) is 0.143. The van der Waals surface area contributed by atoms with E-state index in [1.165, 1.54) is 0 Å². The number of rotatable bonds is 5. The van der Waals surface area contributed by atoms with Gasteiger partial charge in [0.1, 0.15) is 12.4 Å². The molecular weight excluding hydrogens is 282 g/mol. The smallest absolute Gasteiger partial charge is 0.119 e. The van der Waals surface area contributed by atoms with Gasteiger partial charge in [0, 0.05) is 5.69 Å². The molecular formula is C14H14ClNO2S. The van der Waals surface area contributed by atoms with E-state index in [9.17, 15) is 4.21 Å². The van der Waals surface area contributed by atoms with Crippen molar-refractivity contribution in [2.75, 3.05) is 18.1 Å². The number of halogens is 1. The molecule has 0 aromatic heterocycles. The van der Waals surface area contributed by atoms with Crippen LogP contribution in [0.25, 0.3) is 0 Å². The number of anilines is 1. The summed E-state index contributed by atoms with van der Waals surface area (Å²) >= 11 is 6.01. The lowest BCUT2D eigenvalue weighted by molar-refractivity contribution is 0.342. The Hall–Kier alpha value is -1.52. The Labute approximate surface area is 119 Å². The van der Waals surface area contributed by atoms with Crippen LogP contribution in [0.3, 0.4) is 0 Å². The first-order valence-electron chi connectivity index (χ1n) is 5.78. The molecule has 5 heteroatoms. The third-order valence-corrected chi connectivity index (χ3v) is 4.38. The predicted molar refractivity (Wildman–Crippen MR) is 79.1 cm³/mol. The van der Waals surface area contributed by atoms with Crippen molar-refractivity contribution in [3.8, 4) is 5.75 Å². The lowest BCUT2D eigenvalue weighted by atomic mass is 10.3. The molecule has 1 unspecified atom stereocenters. The highest BCUT2D eigenvalue weighted by atomic mass is 35.5. The number of ether oxygens (including phenoxy) is 1. The van der Waals surface area contributed by atoms with Crippen LogP contribution in [0, 0.1) is 0 Å². The van der Waals surface area contributed by atoms with Gasteiger partial charge in [0.15, 0.2) is 0 Å². The second kappa shape index (κ2) is 6.59. The number of hydrogen-bond donors (Lipinski definition) is 1. The first-order valence-corrected chi connectivity index (χ1v) is 7.48. The largest absolute Gasteiger partial charge is 0.493 e. The van der Waals surface area contributed by atoms with Crippen LogP contribution in [-0.2, 0) is 10.8 Å². The van der Waals surface area contributed by atoms with Crippen molar-refractivity contribution in [2.45, 2.75) is 4.90 Å². The fourth-order valence-corrected chi connectivity index (χ4v) is 3.12. The summed E-state index contributed by atoms with van der Waals surface area (Å²) in [6.07, 6.45) is 0. The number of nitrogen functional groups attached to an aromatic ring is 1. The van der Waals surface area contributed by atoms with E-state index in [2.05, 4.69) is 0 Å². The highest BCUT2D eigenvalue weighted by molar-refractivity contribution is 7.85. The Morgan fingerprint density at radius 2 is 1.84 bits per heavy atom. The highest BCUT2D eigenvalue weighted by Gasteiger charge is 2.12. The topological polar surface area (TPSA) is 52.3 Å². The molecule has 0 amide bonds. The zero-order chi connectivity index (χ0) is 13.7. The van der Waals surface area contributed by atoms with Crippen molar-refractivity contribution in [1.82, 2.24) is 0 Å². The fourth-order valence-electron chi connectivity index (χ4n) is 1.62. The van der Waals surface area contributed by atoms with Gasteiger partial charge < -0.3 is 10.5 Å². The van der Waals surface area contributed by atoms with E-state index >= 15 is 0 Å². The van der Waals surface area contributed by atoms with E-state index in [1.807, 2.05) is 30.3 Å². The van der Waals surface area contributed by atoms with E-state index in [0.717, 1.165) is 5.75 Å². The van der Waals surface area contributed by atoms with Crippen LogP contribution in [0.4, 0.5) is 5.69 Å². The van der Waals surface area contributed by atoms with Gasteiger partial charge in [0.2, 0.25) is 0 Å². The third kappa shape index (κ3) is 3.72. The van der Waals surface area contributed by atoms with Gasteiger partial charge in [-0.2, -0.15) is 0 Å². The third-order valence-electron chi connectivity index (χ3n) is 2.51. The SMILES string of the molecule is Nc1cccc(Cl)c1S(=O)CCOc1ccccc1. The average molecular weight is 296 g/mol. The summed E-state index contributed by atoms with van der Waals surface area (Å²) in [5.74, 6) is 1.11. The summed E-state index contributed by atoms with van der Waals surface area (Å²) < 4.78 is 17.6. The van der Waals surface area contributed by atoms with Crippen molar-refractivity contribution in [1.29, 1.82) is 0 Å². The average Bonchev–Trinajstić information content (AvgIpc) is 2.40. The van der Waals surface area contributed by atoms with Crippen molar-refractivity contribution in [3.05, 3.63) is 53.6 Å². The Morgan fingerprint density at radius 3 is 2.53 bits per heavy atom. The molecule has 100 valence electrons. The van der Waals surface area contributed by atoms with Gasteiger partial charge in [-0.05, 0) is 24.3 Å². The van der Waals surface area contributed by atoms with Gasteiger partial charge in [-0.25, -0.2) is 0 Å². The molecule has 0 aliphatic carbocycles. The maximum absolute atomic E-state index is 12.1. The molecule has 0 radical (unpaired) electrons. The van der Waals surface area contributed by atoms with Crippen LogP contribution in [0.2, 0.25) is 5.02 Å². The quantitative estimate of drug-likeness (QED) is 0.862. The minimum absolute atomic E-state index is 0.348. The van der Waals surface area contributed by atoms with Crippen molar-refractivity contribution >= 4 is 28.1 Å². The van der Waals surface area contributed by atoms with Crippen LogP contribution in [0.1, 0.15) is 0 Å². The molecule has 1 atom stereocenters. The molecule has 0 bridgehead atoms. The summed E-state index contributed by atoms with van der Waals surface area (Å²) in [7, 11) is -1.26. The molecule has 0 heterocycles. The van der Waals surface area contributed by atoms with Gasteiger partial charge in [0.25, 0.3) is 0 Å². The zero-order valence-electron chi connectivity index (χ0n) is 10.2. The number of para-hydroxylation sites is 1. The van der Waals surface area contributed by atoms with Crippen molar-refractivity contribution in [3.63, 3.8) is 0 Å². The first-order chi connectivity index (χ1) is 9.18. The monoisotopic (exact) mass is 295 g/mol. The van der Waals surface area contributed by atoms with Crippen molar-refractivity contribution in [2.24, 2.45) is 0 Å². The predicted octanol–water partition coefficient (Wildman–Crippen LogP) is 3.11. The molecule has 0 aliphatic heterocycles. The Balaban J connectivity index is 1.95. The van der Waals surface area contributed by atoms with Gasteiger partial charge in [-0.3, -0.25) is 4.21 Å². The Kier molecular flexibility index (Phi) is 4.82. The molecule has 0 saturated heterocycles. The molecule has 0 fully saturated rings. The Bertz CT molecular complexity index is 555. The van der Waals surface area contributed by atoms with Crippen LogP contribution in [0.5, 0.6) is 5.75 Å². The standard InChI is InChI=1S/C14H14ClNO2S/c15-12-7-4-8-13(16)14(12)19(17)10-9-18-11-5-2-1-3-6-11/h1-8H,9-10,16H2. The van der Waals surface area contributed by atoms with Crippen LogP contribution >= 0.6 is 11.6 Å².